The van der Waals surface area contributed by atoms with Gasteiger partial charge in [-0.3, -0.25) is 0 Å². The summed E-state index contributed by atoms with van der Waals surface area (Å²) in [6, 6.07) is 11.0. The molecule has 1 atom stereocenters. The molecule has 1 aromatic carbocycles. The summed E-state index contributed by atoms with van der Waals surface area (Å²) >= 11 is 0. The third kappa shape index (κ3) is 4.77. The van der Waals surface area contributed by atoms with Crippen LogP contribution in [-0.4, -0.2) is 18.9 Å². The van der Waals surface area contributed by atoms with Crippen LogP contribution in [0.25, 0.3) is 0 Å². The third-order valence-electron chi connectivity index (χ3n) is 2.54. The van der Waals surface area contributed by atoms with Gasteiger partial charge in [-0.15, -0.1) is 0 Å². The highest BCUT2D eigenvalue weighted by Gasteiger charge is 2.08. The van der Waals surface area contributed by atoms with E-state index in [2.05, 4.69) is 37.3 Å². The fourth-order valence-corrected chi connectivity index (χ4v) is 4.24. The van der Waals surface area contributed by atoms with Crippen molar-refractivity contribution in [1.82, 2.24) is 0 Å². The number of benzene rings is 1. The second-order valence-corrected chi connectivity index (χ2v) is 6.31. The fraction of sp³-hybridized carbons (Fsp3) is 0.538. The molecular weight excluding hydrogens is 201 g/mol. The van der Waals surface area contributed by atoms with Crippen molar-refractivity contribution in [3.63, 3.8) is 0 Å². The number of hydrogen-bond acceptors (Lipinski definition) is 1. The summed E-state index contributed by atoms with van der Waals surface area (Å²) < 4.78 is 0. The van der Waals surface area contributed by atoms with Crippen LogP contribution in [0.5, 0.6) is 0 Å². The molecule has 1 unspecified atom stereocenters. The van der Waals surface area contributed by atoms with Crippen molar-refractivity contribution in [2.24, 2.45) is 5.73 Å². The molecule has 1 aromatic rings. The van der Waals surface area contributed by atoms with E-state index in [0.717, 1.165) is 6.54 Å². The Morgan fingerprint density at radius 3 is 2.33 bits per heavy atom. The van der Waals surface area contributed by atoms with Gasteiger partial charge in [0.1, 0.15) is 0 Å². The number of unbranched alkanes of at least 4 members (excludes halogenated alkanes) is 1. The SMILES string of the molecule is CCCCP(CCCN)c1ccccc1. The minimum absolute atomic E-state index is 0.0525. The Labute approximate surface area is 94.8 Å². The van der Waals surface area contributed by atoms with Gasteiger partial charge < -0.3 is 5.73 Å². The van der Waals surface area contributed by atoms with E-state index in [1.165, 1.54) is 31.6 Å². The first-order valence-electron chi connectivity index (χ1n) is 5.88. The van der Waals surface area contributed by atoms with E-state index < -0.39 is 0 Å². The molecule has 1 rings (SSSR count). The Morgan fingerprint density at radius 2 is 1.73 bits per heavy atom. The Bertz CT molecular complexity index is 240. The van der Waals surface area contributed by atoms with Crippen LogP contribution < -0.4 is 11.0 Å². The Kier molecular flexibility index (Phi) is 6.63. The van der Waals surface area contributed by atoms with Gasteiger partial charge >= 0.3 is 0 Å². The van der Waals surface area contributed by atoms with Gasteiger partial charge in [0.25, 0.3) is 0 Å². The zero-order valence-corrected chi connectivity index (χ0v) is 10.5. The molecule has 2 N–H and O–H groups in total. The van der Waals surface area contributed by atoms with Crippen molar-refractivity contribution < 1.29 is 0 Å². The highest BCUT2D eigenvalue weighted by molar-refractivity contribution is 7.65. The minimum atomic E-state index is 0.0525. The highest BCUT2D eigenvalue weighted by Crippen LogP contribution is 2.35. The molecule has 2 heteroatoms. The first-order chi connectivity index (χ1) is 7.38. The van der Waals surface area contributed by atoms with Crippen LogP contribution in [-0.2, 0) is 0 Å². The summed E-state index contributed by atoms with van der Waals surface area (Å²) in [6.07, 6.45) is 6.50. The lowest BCUT2D eigenvalue weighted by molar-refractivity contribution is 0.883. The van der Waals surface area contributed by atoms with Gasteiger partial charge in [0.2, 0.25) is 0 Å². The van der Waals surface area contributed by atoms with Crippen molar-refractivity contribution in [1.29, 1.82) is 0 Å². The van der Waals surface area contributed by atoms with Crippen LogP contribution >= 0.6 is 7.92 Å². The lowest BCUT2D eigenvalue weighted by Gasteiger charge is -2.17. The minimum Gasteiger partial charge on any atom is -0.330 e. The lowest BCUT2D eigenvalue weighted by atomic mass is 10.4. The van der Waals surface area contributed by atoms with Crippen LogP contribution in [0.4, 0.5) is 0 Å². The number of nitrogens with two attached hydrogens (primary N) is 1. The summed E-state index contributed by atoms with van der Waals surface area (Å²) in [5, 5.41) is 1.55. The second kappa shape index (κ2) is 7.84. The molecule has 0 amide bonds. The van der Waals surface area contributed by atoms with E-state index in [-0.39, 0.29) is 7.92 Å². The van der Waals surface area contributed by atoms with Crippen LogP contribution in [0.2, 0.25) is 0 Å². The molecule has 0 radical (unpaired) electrons. The van der Waals surface area contributed by atoms with Gasteiger partial charge in [-0.25, -0.2) is 0 Å². The maximum absolute atomic E-state index is 5.59. The topological polar surface area (TPSA) is 26.0 Å². The predicted octanol–water partition coefficient (Wildman–Crippen LogP) is 2.94. The number of rotatable bonds is 7. The molecule has 0 saturated carbocycles. The van der Waals surface area contributed by atoms with E-state index in [1.54, 1.807) is 5.30 Å². The average molecular weight is 223 g/mol. The van der Waals surface area contributed by atoms with E-state index in [0.29, 0.717) is 0 Å². The van der Waals surface area contributed by atoms with Crippen molar-refractivity contribution in [3.05, 3.63) is 30.3 Å². The van der Waals surface area contributed by atoms with Crippen LogP contribution in [0, 0.1) is 0 Å². The molecule has 0 aliphatic rings. The molecule has 0 heterocycles. The first-order valence-corrected chi connectivity index (χ1v) is 7.59. The van der Waals surface area contributed by atoms with E-state index in [4.69, 9.17) is 5.73 Å². The first kappa shape index (κ1) is 12.7. The molecule has 0 fully saturated rings. The monoisotopic (exact) mass is 223 g/mol. The molecule has 0 spiro atoms. The Balaban J connectivity index is 2.55. The largest absolute Gasteiger partial charge is 0.330 e. The van der Waals surface area contributed by atoms with E-state index >= 15 is 0 Å². The summed E-state index contributed by atoms with van der Waals surface area (Å²) in [4.78, 5) is 0. The molecule has 0 saturated heterocycles. The van der Waals surface area contributed by atoms with Crippen LogP contribution in [0.15, 0.2) is 30.3 Å². The summed E-state index contributed by atoms with van der Waals surface area (Å²) in [7, 11) is 0.0525. The lowest BCUT2D eigenvalue weighted by Crippen LogP contribution is -2.09. The zero-order valence-electron chi connectivity index (χ0n) is 9.65. The second-order valence-electron chi connectivity index (χ2n) is 3.82. The van der Waals surface area contributed by atoms with Crippen molar-refractivity contribution in [2.75, 3.05) is 18.9 Å². The molecule has 0 aliphatic heterocycles. The van der Waals surface area contributed by atoms with Gasteiger partial charge in [-0.05, 0) is 37.0 Å². The Hall–Kier alpha value is -0.390. The quantitative estimate of drug-likeness (QED) is 0.707. The third-order valence-corrected chi connectivity index (χ3v) is 5.28. The zero-order chi connectivity index (χ0) is 10.9. The van der Waals surface area contributed by atoms with Crippen molar-refractivity contribution in [2.45, 2.75) is 26.2 Å². The fourth-order valence-electron chi connectivity index (χ4n) is 1.64. The van der Waals surface area contributed by atoms with Gasteiger partial charge in [0.15, 0.2) is 0 Å². The van der Waals surface area contributed by atoms with Gasteiger partial charge in [-0.1, -0.05) is 51.6 Å². The summed E-state index contributed by atoms with van der Waals surface area (Å²) in [5.41, 5.74) is 5.59. The molecule has 0 aromatic heterocycles. The molecule has 84 valence electrons. The number of hydrogen-bond donors (Lipinski definition) is 1. The maximum atomic E-state index is 5.59. The van der Waals surface area contributed by atoms with Gasteiger partial charge in [-0.2, -0.15) is 0 Å². The molecular formula is C13H22NP. The van der Waals surface area contributed by atoms with Crippen LogP contribution in [0.1, 0.15) is 26.2 Å². The molecule has 15 heavy (non-hydrogen) atoms. The molecule has 1 nitrogen and oxygen atoms in total. The van der Waals surface area contributed by atoms with Gasteiger partial charge in [0.05, 0.1) is 0 Å². The standard InChI is InChI=1S/C13H22NP/c1-2-3-11-15(12-7-10-14)13-8-5-4-6-9-13/h4-6,8-9H,2-3,7,10-12,14H2,1H3. The molecule has 0 aliphatic carbocycles. The smallest absolute Gasteiger partial charge is 0.00738 e. The highest BCUT2D eigenvalue weighted by atomic mass is 31.1. The summed E-state index contributed by atoms with van der Waals surface area (Å²) in [5.74, 6) is 0. The average Bonchev–Trinajstić information content (AvgIpc) is 2.30. The van der Waals surface area contributed by atoms with E-state index in [9.17, 15) is 0 Å². The maximum Gasteiger partial charge on any atom is -0.00738 e. The normalized spacial score (nSPS) is 12.7. The predicted molar refractivity (Wildman–Crippen MR) is 71.3 cm³/mol. The van der Waals surface area contributed by atoms with Crippen LogP contribution in [0.3, 0.4) is 0 Å². The van der Waals surface area contributed by atoms with Crippen molar-refractivity contribution in [3.8, 4) is 0 Å². The van der Waals surface area contributed by atoms with E-state index in [1.807, 2.05) is 0 Å². The van der Waals surface area contributed by atoms with Crippen molar-refractivity contribution >= 4 is 13.2 Å². The Morgan fingerprint density at radius 1 is 1.07 bits per heavy atom. The molecule has 0 bridgehead atoms. The van der Waals surface area contributed by atoms with Gasteiger partial charge in [0, 0.05) is 0 Å². The summed E-state index contributed by atoms with van der Waals surface area (Å²) in [6.45, 7) is 3.10.